The quantitative estimate of drug-likeness (QED) is 0.318. The Morgan fingerprint density at radius 1 is 0.484 bits per heavy atom. The van der Waals surface area contributed by atoms with Gasteiger partial charge in [-0.25, -0.2) is 0 Å². The summed E-state index contributed by atoms with van der Waals surface area (Å²) in [4.78, 5) is 4.04. The van der Waals surface area contributed by atoms with Crippen molar-refractivity contribution in [2.45, 2.75) is 0 Å². The van der Waals surface area contributed by atoms with E-state index in [4.69, 9.17) is 0 Å². The molecule has 0 aliphatic heterocycles. The molecule has 0 aromatic heterocycles. The molecule has 0 unspecified atom stereocenters. The van der Waals surface area contributed by atoms with Crippen molar-refractivity contribution >= 4 is 21.3 Å². The van der Waals surface area contributed by atoms with Gasteiger partial charge in [0.2, 0.25) is 0 Å². The fraction of sp³-hybridized carbons (Fsp3) is 0. The fourth-order valence-electron chi connectivity index (χ4n) is 2.92. The number of phenolic OH excluding ortho intramolecular Hbond substituents is 2. The third kappa shape index (κ3) is 5.28. The van der Waals surface area contributed by atoms with Gasteiger partial charge >= 0.3 is 184 Å². The van der Waals surface area contributed by atoms with Crippen LogP contribution in [-0.2, 0) is 12.2 Å². The molecule has 0 spiro atoms. The van der Waals surface area contributed by atoms with Crippen molar-refractivity contribution in [2.75, 3.05) is 8.73 Å². The van der Waals surface area contributed by atoms with Gasteiger partial charge in [0.1, 0.15) is 0 Å². The monoisotopic (exact) mass is 455 g/mol. The van der Waals surface area contributed by atoms with E-state index >= 15 is 0 Å². The zero-order chi connectivity index (χ0) is 21.5. The zero-order valence-corrected chi connectivity index (χ0v) is 17.8. The summed E-state index contributed by atoms with van der Waals surface area (Å²) in [5, 5.41) is 21.0. The van der Waals surface area contributed by atoms with Crippen molar-refractivity contribution in [3.05, 3.63) is 120 Å². The van der Waals surface area contributed by atoms with Crippen LogP contribution < -0.4 is 8.73 Å². The minimum atomic E-state index is -2.48. The summed E-state index contributed by atoms with van der Waals surface area (Å²) in [6.45, 7) is 0. The first kappa shape index (κ1) is 20.6. The number of rotatable bonds is 6. The third-order valence-electron chi connectivity index (χ3n) is 4.40. The molecule has 0 bridgehead atoms. The number of phenols is 2. The molecule has 0 radical (unpaired) electrons. The van der Waals surface area contributed by atoms with E-state index in [2.05, 4.69) is 8.73 Å². The molecule has 0 heterocycles. The number of para-hydroxylation sites is 4. The summed E-state index contributed by atoms with van der Waals surface area (Å²) in [7, 11) is 0. The predicted molar refractivity (Wildman–Crippen MR) is 127 cm³/mol. The second-order valence-corrected chi connectivity index (χ2v) is 9.72. The average molecular weight is 455 g/mol. The van der Waals surface area contributed by atoms with Gasteiger partial charge < -0.3 is 0 Å². The first-order valence-corrected chi connectivity index (χ1v) is 12.0. The Hall–Kier alpha value is -3.67. The molecule has 31 heavy (non-hydrogen) atoms. The normalized spacial score (nSPS) is 11.4. The van der Waals surface area contributed by atoms with Gasteiger partial charge in [0.15, 0.2) is 0 Å². The molecule has 0 saturated heterocycles. The van der Waals surface area contributed by atoms with Gasteiger partial charge in [-0.1, -0.05) is 0 Å². The molecule has 4 nitrogen and oxygen atoms in total. The minimum absolute atomic E-state index is 0.196. The molecule has 0 aliphatic carbocycles. The van der Waals surface area contributed by atoms with Gasteiger partial charge in [0, 0.05) is 0 Å². The topological polar surface area (TPSA) is 64.5 Å². The predicted octanol–water partition coefficient (Wildman–Crippen LogP) is 5.31. The standard InChI is InChI=1S/2C7H6O.2C6H6N.Co/c2*1-6-4-2-3-5-7(6)8;2*7-6-4-2-1-3-5-6;/h2*1-5,8H;2*1-5,7H;/q;;2*-1;+2. The van der Waals surface area contributed by atoms with Gasteiger partial charge in [0.05, 0.1) is 0 Å². The molecule has 159 valence electrons. The number of aromatic hydroxyl groups is 2. The summed E-state index contributed by atoms with van der Waals surface area (Å²) < 4.78 is 7.31. The molecule has 4 N–H and O–H groups in total. The SMILES string of the molecule is Oc1ccccc1[CH]=[Co](=[CH]c1ccccc1O)([NH]c1ccccc1)[NH]c1ccccc1. The summed E-state index contributed by atoms with van der Waals surface area (Å²) in [5.74, 6) is 0.392. The van der Waals surface area contributed by atoms with Gasteiger partial charge in [-0.3, -0.25) is 0 Å². The molecule has 4 rings (SSSR count). The Morgan fingerprint density at radius 3 is 1.23 bits per heavy atom. The number of anilines is 2. The molecule has 0 amide bonds. The Kier molecular flexibility index (Phi) is 6.26. The molecule has 4 aromatic carbocycles. The van der Waals surface area contributed by atoms with Crippen molar-refractivity contribution in [3.8, 4) is 11.5 Å². The van der Waals surface area contributed by atoms with Crippen LogP contribution in [0, 0.1) is 0 Å². The Bertz CT molecular complexity index is 1170. The van der Waals surface area contributed by atoms with Gasteiger partial charge in [-0.2, -0.15) is 0 Å². The van der Waals surface area contributed by atoms with E-state index in [1.165, 1.54) is 0 Å². The molecule has 5 heteroatoms. The van der Waals surface area contributed by atoms with Crippen LogP contribution in [-0.4, -0.2) is 20.1 Å². The van der Waals surface area contributed by atoms with E-state index in [1.54, 1.807) is 24.3 Å². The first-order chi connectivity index (χ1) is 15.1. The fourth-order valence-corrected chi connectivity index (χ4v) is 6.24. The van der Waals surface area contributed by atoms with E-state index in [0.717, 1.165) is 11.4 Å². The molecule has 0 aliphatic rings. The van der Waals surface area contributed by atoms with Crippen molar-refractivity contribution in [2.24, 2.45) is 0 Å². The summed E-state index contributed by atoms with van der Waals surface area (Å²) >= 11 is -2.48. The summed E-state index contributed by atoms with van der Waals surface area (Å²) in [6.07, 6.45) is 0. The van der Waals surface area contributed by atoms with Crippen LogP contribution in [0.1, 0.15) is 11.1 Å². The van der Waals surface area contributed by atoms with Crippen LogP contribution in [0.3, 0.4) is 0 Å². The van der Waals surface area contributed by atoms with Gasteiger partial charge in [-0.05, 0) is 0 Å². The molecule has 0 atom stereocenters. The van der Waals surface area contributed by atoms with Crippen LogP contribution >= 0.6 is 0 Å². The molecule has 4 aromatic rings. The summed E-state index contributed by atoms with van der Waals surface area (Å²) in [5.41, 5.74) is 3.26. The van der Waals surface area contributed by atoms with E-state index in [9.17, 15) is 10.2 Å². The summed E-state index contributed by atoms with van der Waals surface area (Å²) in [6, 6.07) is 34.3. The van der Waals surface area contributed by atoms with Crippen LogP contribution in [0.15, 0.2) is 109 Å². The Morgan fingerprint density at radius 2 is 0.839 bits per heavy atom. The Balaban J connectivity index is 2.00. The van der Waals surface area contributed by atoms with Crippen molar-refractivity contribution < 1.29 is 22.4 Å². The number of benzene rings is 4. The molecular weight excluding hydrogens is 431 g/mol. The number of hydrogen-bond acceptors (Lipinski definition) is 4. The Labute approximate surface area is 184 Å². The molecule has 0 fully saturated rings. The zero-order valence-electron chi connectivity index (χ0n) is 16.8. The number of nitrogens with one attached hydrogen (secondary N) is 2. The molecular formula is C26H24CoN2O2. The van der Waals surface area contributed by atoms with E-state index < -0.39 is 12.2 Å². The van der Waals surface area contributed by atoms with Crippen LogP contribution in [0.2, 0.25) is 0 Å². The van der Waals surface area contributed by atoms with Crippen LogP contribution in [0.25, 0.3) is 0 Å². The average Bonchev–Trinajstić information content (AvgIpc) is 2.78. The maximum absolute atomic E-state index is 10.5. The third-order valence-corrected chi connectivity index (χ3v) is 7.46. The van der Waals surface area contributed by atoms with Gasteiger partial charge in [0.25, 0.3) is 0 Å². The first-order valence-electron chi connectivity index (χ1n) is 9.72. The van der Waals surface area contributed by atoms with E-state index in [1.807, 2.05) is 94.8 Å². The molecule has 0 saturated carbocycles. The van der Waals surface area contributed by atoms with Crippen molar-refractivity contribution in [1.82, 2.24) is 0 Å². The second-order valence-electron chi connectivity index (χ2n) is 6.79. The van der Waals surface area contributed by atoms with Crippen LogP contribution in [0.5, 0.6) is 11.5 Å². The van der Waals surface area contributed by atoms with E-state index in [0.29, 0.717) is 11.1 Å². The second kappa shape index (κ2) is 9.43. The van der Waals surface area contributed by atoms with E-state index in [-0.39, 0.29) is 11.5 Å². The maximum atomic E-state index is 10.5. The van der Waals surface area contributed by atoms with Crippen molar-refractivity contribution in [1.29, 1.82) is 0 Å². The number of hydrogen-bond donors (Lipinski definition) is 4. The van der Waals surface area contributed by atoms with Gasteiger partial charge in [-0.15, -0.1) is 0 Å². The van der Waals surface area contributed by atoms with Crippen molar-refractivity contribution in [3.63, 3.8) is 0 Å². The van der Waals surface area contributed by atoms with Crippen LogP contribution in [0.4, 0.5) is 11.4 Å².